The number of hydrogen-bond donors (Lipinski definition) is 1. The molecule has 0 unspecified atom stereocenters. The zero-order valence-electron chi connectivity index (χ0n) is 8.95. The van der Waals surface area contributed by atoms with Gasteiger partial charge in [0, 0.05) is 12.2 Å². The molecule has 0 bridgehead atoms. The molecule has 0 aliphatic carbocycles. The summed E-state index contributed by atoms with van der Waals surface area (Å²) in [6.07, 6.45) is 6.44. The molecule has 0 fully saturated rings. The van der Waals surface area contributed by atoms with Gasteiger partial charge in [0.05, 0.1) is 0 Å². The van der Waals surface area contributed by atoms with Gasteiger partial charge in [-0.15, -0.1) is 12.4 Å². The molecular formula is C11H18Cl2N2. The quantitative estimate of drug-likeness (QED) is 0.637. The van der Waals surface area contributed by atoms with Crippen molar-refractivity contribution in [1.29, 1.82) is 0 Å². The van der Waals surface area contributed by atoms with E-state index >= 15 is 0 Å². The average molecular weight is 249 g/mol. The van der Waals surface area contributed by atoms with Crippen LogP contribution < -0.4 is 5.73 Å². The number of nitrogens with two attached hydrogens (primary N) is 1. The Labute approximate surface area is 103 Å². The van der Waals surface area contributed by atoms with Gasteiger partial charge in [0.25, 0.3) is 0 Å². The molecule has 0 aliphatic rings. The highest BCUT2D eigenvalue weighted by Gasteiger charge is 2.05. The van der Waals surface area contributed by atoms with E-state index in [1.807, 2.05) is 6.07 Å². The summed E-state index contributed by atoms with van der Waals surface area (Å²) in [4.78, 5) is 4.01. The normalized spacial score (nSPS) is 11.9. The highest BCUT2D eigenvalue weighted by Crippen LogP contribution is 2.17. The molecule has 0 amide bonds. The van der Waals surface area contributed by atoms with Crippen molar-refractivity contribution in [2.75, 3.05) is 0 Å². The van der Waals surface area contributed by atoms with Gasteiger partial charge in [-0.05, 0) is 18.1 Å². The minimum atomic E-state index is 0. The molecule has 0 saturated heterocycles. The van der Waals surface area contributed by atoms with E-state index in [4.69, 9.17) is 17.3 Å². The first-order valence-corrected chi connectivity index (χ1v) is 5.49. The zero-order valence-corrected chi connectivity index (χ0v) is 10.5. The second-order valence-electron chi connectivity index (χ2n) is 3.52. The van der Waals surface area contributed by atoms with Gasteiger partial charge in [-0.1, -0.05) is 43.9 Å². The lowest BCUT2D eigenvalue weighted by Crippen LogP contribution is -2.10. The molecule has 1 aromatic rings. The summed E-state index contributed by atoms with van der Waals surface area (Å²) in [5.74, 6) is 0. The Balaban J connectivity index is 0.00000196. The van der Waals surface area contributed by atoms with Crippen molar-refractivity contribution in [3.8, 4) is 0 Å². The Bertz CT molecular complexity index is 262. The molecule has 1 atom stereocenters. The van der Waals surface area contributed by atoms with Crippen molar-refractivity contribution < 1.29 is 0 Å². The zero-order chi connectivity index (χ0) is 10.4. The van der Waals surface area contributed by atoms with Crippen molar-refractivity contribution in [2.45, 2.75) is 38.6 Å². The molecule has 0 aromatic carbocycles. The molecule has 1 heterocycles. The number of nitrogens with zero attached hydrogens (tertiary/aromatic N) is 1. The fourth-order valence-electron chi connectivity index (χ4n) is 1.39. The first kappa shape index (κ1) is 14.7. The second-order valence-corrected chi connectivity index (χ2v) is 3.90. The molecule has 0 radical (unpaired) electrons. The summed E-state index contributed by atoms with van der Waals surface area (Å²) < 4.78 is 0. The second kappa shape index (κ2) is 7.91. The summed E-state index contributed by atoms with van der Waals surface area (Å²) in [5, 5.41) is 0.523. The highest BCUT2D eigenvalue weighted by molar-refractivity contribution is 6.29. The lowest BCUT2D eigenvalue weighted by Gasteiger charge is -2.10. The molecule has 0 spiro atoms. The van der Waals surface area contributed by atoms with E-state index in [0.29, 0.717) is 5.15 Å². The molecule has 2 N–H and O–H groups in total. The summed E-state index contributed by atoms with van der Waals surface area (Å²) in [6.45, 7) is 2.19. The molecule has 1 rings (SSSR count). The van der Waals surface area contributed by atoms with E-state index in [1.54, 1.807) is 12.3 Å². The monoisotopic (exact) mass is 248 g/mol. The summed E-state index contributed by atoms with van der Waals surface area (Å²) in [7, 11) is 0. The van der Waals surface area contributed by atoms with Crippen LogP contribution in [0.1, 0.15) is 44.2 Å². The van der Waals surface area contributed by atoms with E-state index in [-0.39, 0.29) is 18.4 Å². The Hall–Kier alpha value is -0.310. The maximum atomic E-state index is 6.00. The number of halogens is 2. The van der Waals surface area contributed by atoms with Crippen LogP contribution in [0.4, 0.5) is 0 Å². The van der Waals surface area contributed by atoms with Gasteiger partial charge in [0.1, 0.15) is 5.15 Å². The van der Waals surface area contributed by atoms with Crippen LogP contribution >= 0.6 is 24.0 Å². The third-order valence-electron chi connectivity index (χ3n) is 2.30. The number of aromatic nitrogens is 1. The van der Waals surface area contributed by atoms with Crippen LogP contribution in [-0.4, -0.2) is 4.98 Å². The van der Waals surface area contributed by atoms with Gasteiger partial charge in [-0.25, -0.2) is 4.98 Å². The molecular weight excluding hydrogens is 231 g/mol. The summed E-state index contributed by atoms with van der Waals surface area (Å²) >= 11 is 5.69. The number of rotatable bonds is 5. The van der Waals surface area contributed by atoms with E-state index < -0.39 is 0 Å². The van der Waals surface area contributed by atoms with Gasteiger partial charge in [-0.3, -0.25) is 0 Å². The lowest BCUT2D eigenvalue weighted by atomic mass is 10.0. The standard InChI is InChI=1S/C11H17ClN2.ClH/c1-2-3-4-5-10(13)9-6-7-11(12)14-8-9;/h6-8,10H,2-5,13H2,1H3;1H/t10-;/m0./s1. The molecule has 0 aliphatic heterocycles. The Morgan fingerprint density at radius 1 is 1.40 bits per heavy atom. The fraction of sp³-hybridized carbons (Fsp3) is 0.545. The molecule has 1 aromatic heterocycles. The van der Waals surface area contributed by atoms with Crippen molar-refractivity contribution >= 4 is 24.0 Å². The van der Waals surface area contributed by atoms with Crippen LogP contribution in [0, 0.1) is 0 Å². The molecule has 15 heavy (non-hydrogen) atoms. The smallest absolute Gasteiger partial charge is 0.129 e. The van der Waals surface area contributed by atoms with Gasteiger partial charge < -0.3 is 5.73 Å². The molecule has 4 heteroatoms. The lowest BCUT2D eigenvalue weighted by molar-refractivity contribution is 0.580. The number of pyridine rings is 1. The highest BCUT2D eigenvalue weighted by atomic mass is 35.5. The molecule has 0 saturated carbocycles. The van der Waals surface area contributed by atoms with E-state index in [2.05, 4.69) is 11.9 Å². The van der Waals surface area contributed by atoms with Crippen molar-refractivity contribution in [3.63, 3.8) is 0 Å². The van der Waals surface area contributed by atoms with Crippen LogP contribution in [0.15, 0.2) is 18.3 Å². The average Bonchev–Trinajstić information content (AvgIpc) is 2.19. The fourth-order valence-corrected chi connectivity index (χ4v) is 1.50. The van der Waals surface area contributed by atoms with Crippen LogP contribution in [-0.2, 0) is 0 Å². The number of unbranched alkanes of at least 4 members (excludes halogenated alkanes) is 2. The molecule has 86 valence electrons. The summed E-state index contributed by atoms with van der Waals surface area (Å²) in [6, 6.07) is 3.84. The van der Waals surface area contributed by atoms with Gasteiger partial charge in [-0.2, -0.15) is 0 Å². The van der Waals surface area contributed by atoms with Crippen LogP contribution in [0.5, 0.6) is 0 Å². The Morgan fingerprint density at radius 2 is 2.13 bits per heavy atom. The topological polar surface area (TPSA) is 38.9 Å². The molecule has 2 nitrogen and oxygen atoms in total. The van der Waals surface area contributed by atoms with Gasteiger partial charge in [0.2, 0.25) is 0 Å². The van der Waals surface area contributed by atoms with Crippen LogP contribution in [0.3, 0.4) is 0 Å². The Morgan fingerprint density at radius 3 is 2.67 bits per heavy atom. The predicted octanol–water partition coefficient (Wildman–Crippen LogP) is 3.74. The third-order valence-corrected chi connectivity index (χ3v) is 2.52. The first-order valence-electron chi connectivity index (χ1n) is 5.11. The largest absolute Gasteiger partial charge is 0.324 e. The van der Waals surface area contributed by atoms with Crippen molar-refractivity contribution in [3.05, 3.63) is 29.0 Å². The minimum Gasteiger partial charge on any atom is -0.324 e. The SMILES string of the molecule is CCCCC[C@H](N)c1ccc(Cl)nc1.Cl. The van der Waals surface area contributed by atoms with Gasteiger partial charge >= 0.3 is 0 Å². The van der Waals surface area contributed by atoms with Crippen LogP contribution in [0.2, 0.25) is 5.15 Å². The predicted molar refractivity (Wildman–Crippen MR) is 67.6 cm³/mol. The van der Waals surface area contributed by atoms with Gasteiger partial charge in [0.15, 0.2) is 0 Å². The third kappa shape index (κ3) is 5.36. The first-order chi connectivity index (χ1) is 6.74. The maximum absolute atomic E-state index is 6.00. The maximum Gasteiger partial charge on any atom is 0.129 e. The van der Waals surface area contributed by atoms with Crippen LogP contribution in [0.25, 0.3) is 0 Å². The Kier molecular flexibility index (Phi) is 7.75. The van der Waals surface area contributed by atoms with E-state index in [9.17, 15) is 0 Å². The van der Waals surface area contributed by atoms with Crippen molar-refractivity contribution in [1.82, 2.24) is 4.98 Å². The number of hydrogen-bond acceptors (Lipinski definition) is 2. The van der Waals surface area contributed by atoms with E-state index in [0.717, 1.165) is 12.0 Å². The summed E-state index contributed by atoms with van der Waals surface area (Å²) in [5.41, 5.74) is 7.08. The van der Waals surface area contributed by atoms with E-state index in [1.165, 1.54) is 19.3 Å². The minimum absolute atomic E-state index is 0. The van der Waals surface area contributed by atoms with Crippen molar-refractivity contribution in [2.24, 2.45) is 5.73 Å².